The number of hydrogen-bond donors (Lipinski definition) is 0. The molecule has 0 spiro atoms. The number of nitrogens with zero attached hydrogens (tertiary/aromatic N) is 1. The number of ether oxygens (including phenoxy) is 1. The van der Waals surface area contributed by atoms with Crippen molar-refractivity contribution in [2.75, 3.05) is 21.2 Å². The van der Waals surface area contributed by atoms with Gasteiger partial charge in [-0.15, -0.1) is 0 Å². The van der Waals surface area contributed by atoms with Gasteiger partial charge in [0.05, 0.1) is 17.7 Å². The summed E-state index contributed by atoms with van der Waals surface area (Å²) in [5.41, 5.74) is 0.206. The highest BCUT2D eigenvalue weighted by Crippen LogP contribution is 2.27. The van der Waals surface area contributed by atoms with E-state index in [-0.39, 0.29) is 16.3 Å². The molecule has 0 heterocycles. The number of hydrogen-bond acceptors (Lipinski definition) is 5. The Hall–Kier alpha value is -1.31. The van der Waals surface area contributed by atoms with Crippen LogP contribution in [0.25, 0.3) is 0 Å². The van der Waals surface area contributed by atoms with Crippen molar-refractivity contribution in [2.45, 2.75) is 0 Å². The van der Waals surface area contributed by atoms with Gasteiger partial charge in [-0.1, -0.05) is 11.6 Å². The molecule has 1 aromatic rings. The first kappa shape index (κ1) is 14.7. The van der Waals surface area contributed by atoms with Crippen LogP contribution in [0.3, 0.4) is 0 Å². The quantitative estimate of drug-likeness (QED) is 0.783. The summed E-state index contributed by atoms with van der Waals surface area (Å²) in [6.45, 7) is 0. The summed E-state index contributed by atoms with van der Waals surface area (Å²) in [5, 5.41) is 0.00308. The fourth-order valence-electron chi connectivity index (χ4n) is 1.00. The highest BCUT2D eigenvalue weighted by Gasteiger charge is 2.18. The summed E-state index contributed by atoms with van der Waals surface area (Å²) in [6.07, 6.45) is 0. The number of carbonyl (C=O) groups excluding carboxylic acids is 1. The van der Waals surface area contributed by atoms with E-state index >= 15 is 0 Å². The maximum Gasteiger partial charge on any atom is 0.384 e. The zero-order valence-corrected chi connectivity index (χ0v) is 11.6. The third kappa shape index (κ3) is 3.34. The molecular weight excluding hydrogens is 282 g/mol. The fraction of sp³-hybridized carbons (Fsp3) is 0.300. The van der Waals surface area contributed by atoms with E-state index in [1.54, 1.807) is 0 Å². The Balaban J connectivity index is 3.04. The number of esters is 1. The van der Waals surface area contributed by atoms with E-state index in [1.165, 1.54) is 39.4 Å². The molecule has 0 aliphatic carbocycles. The summed E-state index contributed by atoms with van der Waals surface area (Å²) in [4.78, 5) is 11.2. The molecule has 0 unspecified atom stereocenters. The van der Waals surface area contributed by atoms with Gasteiger partial charge in [-0.3, -0.25) is 0 Å². The molecule has 0 radical (unpaired) electrons. The van der Waals surface area contributed by atoms with Gasteiger partial charge in [-0.05, 0) is 18.2 Å². The maximum absolute atomic E-state index is 11.5. The van der Waals surface area contributed by atoms with Crippen LogP contribution in [0, 0.1) is 0 Å². The molecule has 6 nitrogen and oxygen atoms in total. The second-order valence-electron chi connectivity index (χ2n) is 3.46. The van der Waals surface area contributed by atoms with Crippen molar-refractivity contribution in [3.05, 3.63) is 28.8 Å². The van der Waals surface area contributed by atoms with E-state index in [0.717, 1.165) is 4.31 Å². The second kappa shape index (κ2) is 5.55. The van der Waals surface area contributed by atoms with Gasteiger partial charge in [-0.2, -0.15) is 12.7 Å². The SMILES string of the molecule is COC(=O)c1ccc(OS(=O)(=O)N(C)C)c(Cl)c1. The average molecular weight is 294 g/mol. The van der Waals surface area contributed by atoms with Gasteiger partial charge in [0.25, 0.3) is 0 Å². The zero-order chi connectivity index (χ0) is 13.9. The van der Waals surface area contributed by atoms with Gasteiger partial charge in [-0.25, -0.2) is 4.79 Å². The summed E-state index contributed by atoms with van der Waals surface area (Å²) >= 11 is 5.83. The number of benzene rings is 1. The van der Waals surface area contributed by atoms with Crippen LogP contribution in [0.2, 0.25) is 5.02 Å². The van der Waals surface area contributed by atoms with Crippen LogP contribution >= 0.6 is 11.6 Å². The van der Waals surface area contributed by atoms with Gasteiger partial charge < -0.3 is 8.92 Å². The lowest BCUT2D eigenvalue weighted by Crippen LogP contribution is -2.27. The molecule has 0 aliphatic heterocycles. The molecule has 1 rings (SSSR count). The van der Waals surface area contributed by atoms with Crippen molar-refractivity contribution in [3.63, 3.8) is 0 Å². The van der Waals surface area contributed by atoms with Gasteiger partial charge in [0.2, 0.25) is 0 Å². The summed E-state index contributed by atoms with van der Waals surface area (Å²) in [7, 11) is 0.00449. The highest BCUT2D eigenvalue weighted by atomic mass is 35.5. The van der Waals surface area contributed by atoms with E-state index < -0.39 is 16.3 Å². The Labute approximate surface area is 110 Å². The monoisotopic (exact) mass is 293 g/mol. The molecule has 0 saturated heterocycles. The lowest BCUT2D eigenvalue weighted by Gasteiger charge is -2.13. The van der Waals surface area contributed by atoms with Gasteiger partial charge in [0.15, 0.2) is 5.75 Å². The van der Waals surface area contributed by atoms with Crippen molar-refractivity contribution in [3.8, 4) is 5.75 Å². The normalized spacial score (nSPS) is 11.4. The van der Waals surface area contributed by atoms with Crippen LogP contribution in [-0.4, -0.2) is 39.9 Å². The topological polar surface area (TPSA) is 72.9 Å². The maximum atomic E-state index is 11.5. The predicted octanol–water partition coefficient (Wildman–Crippen LogP) is 1.31. The molecule has 0 bridgehead atoms. The van der Waals surface area contributed by atoms with Crippen molar-refractivity contribution in [1.82, 2.24) is 4.31 Å². The van der Waals surface area contributed by atoms with Crippen molar-refractivity contribution < 1.29 is 22.1 Å². The van der Waals surface area contributed by atoms with E-state index in [9.17, 15) is 13.2 Å². The number of methoxy groups -OCH3 is 1. The highest BCUT2D eigenvalue weighted by molar-refractivity contribution is 7.84. The lowest BCUT2D eigenvalue weighted by atomic mass is 10.2. The Kier molecular flexibility index (Phi) is 4.55. The van der Waals surface area contributed by atoms with Crippen LogP contribution in [-0.2, 0) is 15.0 Å². The molecule has 1 aromatic carbocycles. The molecule has 0 saturated carbocycles. The fourth-order valence-corrected chi connectivity index (χ4v) is 1.79. The van der Waals surface area contributed by atoms with Crippen LogP contribution in [0.1, 0.15) is 10.4 Å². The predicted molar refractivity (Wildman–Crippen MR) is 66.0 cm³/mol. The minimum atomic E-state index is -3.88. The first-order valence-electron chi connectivity index (χ1n) is 4.77. The van der Waals surface area contributed by atoms with Crippen LogP contribution in [0.4, 0.5) is 0 Å². The number of halogens is 1. The standard InChI is InChI=1S/C10H12ClNO5S/c1-12(2)18(14,15)17-9-5-4-7(6-8(9)11)10(13)16-3/h4-6H,1-3H3. The van der Waals surface area contributed by atoms with Crippen molar-refractivity contribution >= 4 is 27.9 Å². The first-order valence-corrected chi connectivity index (χ1v) is 6.52. The van der Waals surface area contributed by atoms with E-state index in [4.69, 9.17) is 15.8 Å². The summed E-state index contributed by atoms with van der Waals surface area (Å²) in [5.74, 6) is -0.628. The first-order chi connectivity index (χ1) is 8.27. The Morgan fingerprint density at radius 2 is 1.94 bits per heavy atom. The van der Waals surface area contributed by atoms with Crippen LogP contribution < -0.4 is 4.18 Å². The molecule has 0 amide bonds. The van der Waals surface area contributed by atoms with Crippen LogP contribution in [0.5, 0.6) is 5.75 Å². The summed E-state index contributed by atoms with van der Waals surface area (Å²) < 4.78 is 33.1. The Morgan fingerprint density at radius 3 is 2.39 bits per heavy atom. The molecule has 0 aliphatic rings. The van der Waals surface area contributed by atoms with Crippen molar-refractivity contribution in [2.24, 2.45) is 0 Å². The molecule has 0 fully saturated rings. The van der Waals surface area contributed by atoms with E-state index in [1.807, 2.05) is 0 Å². The average Bonchev–Trinajstić information content (AvgIpc) is 2.30. The molecule has 8 heteroatoms. The molecule has 18 heavy (non-hydrogen) atoms. The molecule has 0 atom stereocenters. The van der Waals surface area contributed by atoms with Gasteiger partial charge in [0, 0.05) is 14.1 Å². The largest absolute Gasteiger partial charge is 0.465 e. The second-order valence-corrected chi connectivity index (χ2v) is 5.62. The smallest absolute Gasteiger partial charge is 0.384 e. The summed E-state index contributed by atoms with van der Waals surface area (Å²) in [6, 6.07) is 3.92. The number of rotatable bonds is 4. The van der Waals surface area contributed by atoms with Gasteiger partial charge in [0.1, 0.15) is 0 Å². The van der Waals surface area contributed by atoms with Crippen LogP contribution in [0.15, 0.2) is 18.2 Å². The molecule has 0 aromatic heterocycles. The van der Waals surface area contributed by atoms with E-state index in [2.05, 4.69) is 4.74 Å². The third-order valence-corrected chi connectivity index (χ3v) is 3.58. The molecule has 100 valence electrons. The Morgan fingerprint density at radius 1 is 1.33 bits per heavy atom. The Bertz CT molecular complexity index is 555. The minimum absolute atomic E-state index is 0.00308. The number of carbonyl (C=O) groups is 1. The third-order valence-electron chi connectivity index (χ3n) is 2.00. The zero-order valence-electron chi connectivity index (χ0n) is 10.0. The van der Waals surface area contributed by atoms with E-state index in [0.29, 0.717) is 0 Å². The van der Waals surface area contributed by atoms with Crippen molar-refractivity contribution in [1.29, 1.82) is 0 Å². The minimum Gasteiger partial charge on any atom is -0.465 e. The molecular formula is C10H12ClNO5S. The van der Waals surface area contributed by atoms with Gasteiger partial charge >= 0.3 is 16.3 Å². The molecule has 0 N–H and O–H groups in total. The lowest BCUT2D eigenvalue weighted by molar-refractivity contribution is 0.0600.